The number of cyclic esters (lactones) is 1. The van der Waals surface area contributed by atoms with E-state index in [-0.39, 0.29) is 11.6 Å². The van der Waals surface area contributed by atoms with Gasteiger partial charge in [0, 0.05) is 14.7 Å². The van der Waals surface area contributed by atoms with Crippen molar-refractivity contribution in [3.63, 3.8) is 0 Å². The third kappa shape index (κ3) is 6.10. The van der Waals surface area contributed by atoms with Crippen molar-refractivity contribution in [1.82, 2.24) is 0 Å². The zero-order valence-electron chi connectivity index (χ0n) is 20.5. The molecule has 1 aliphatic heterocycles. The lowest BCUT2D eigenvalue weighted by atomic mass is 10.0. The Morgan fingerprint density at radius 2 is 1.50 bits per heavy atom. The predicted molar refractivity (Wildman–Crippen MR) is 166 cm³/mol. The molecule has 0 amide bonds. The molecule has 0 fully saturated rings. The molecule has 0 aromatic heterocycles. The molecule has 0 N–H and O–H groups in total. The van der Waals surface area contributed by atoms with Gasteiger partial charge < -0.3 is 14.2 Å². The largest absolute Gasteiger partial charge is 0.490 e. The molecule has 0 atom stereocenters. The van der Waals surface area contributed by atoms with Gasteiger partial charge in [-0.15, -0.1) is 0 Å². The maximum absolute atomic E-state index is 12.6. The fourth-order valence-corrected chi connectivity index (χ4v) is 5.29. The molecule has 0 bridgehead atoms. The van der Waals surface area contributed by atoms with Gasteiger partial charge >= 0.3 is 5.97 Å². The minimum Gasteiger partial charge on any atom is -0.490 e. The van der Waals surface area contributed by atoms with Gasteiger partial charge in [-0.05, 0) is 105 Å². The molecule has 190 valence electrons. The molecule has 1 aliphatic rings. The summed E-state index contributed by atoms with van der Waals surface area (Å²) in [5.41, 5.74) is 5.05. The number of ether oxygens (including phenoxy) is 3. The van der Waals surface area contributed by atoms with Gasteiger partial charge in [0.1, 0.15) is 6.61 Å². The van der Waals surface area contributed by atoms with Gasteiger partial charge in [-0.2, -0.15) is 0 Å². The Labute approximate surface area is 248 Å². The summed E-state index contributed by atoms with van der Waals surface area (Å²) in [7, 11) is 0. The van der Waals surface area contributed by atoms with Gasteiger partial charge in [-0.1, -0.05) is 60.7 Å². The van der Waals surface area contributed by atoms with Crippen molar-refractivity contribution in [3.8, 4) is 22.6 Å². The van der Waals surface area contributed by atoms with Crippen LogP contribution in [0.1, 0.15) is 23.6 Å². The van der Waals surface area contributed by atoms with Crippen molar-refractivity contribution in [3.05, 3.63) is 121 Å². The van der Waals surface area contributed by atoms with Gasteiger partial charge in [0.2, 0.25) is 5.90 Å². The Hall–Kier alpha value is -3.18. The van der Waals surface area contributed by atoms with E-state index in [1.165, 1.54) is 0 Å². The Kier molecular flexibility index (Phi) is 8.43. The van der Waals surface area contributed by atoms with Crippen molar-refractivity contribution in [2.24, 2.45) is 4.99 Å². The van der Waals surface area contributed by atoms with E-state index in [0.717, 1.165) is 35.0 Å². The maximum Gasteiger partial charge on any atom is 0.363 e. The topological polar surface area (TPSA) is 57.1 Å². The summed E-state index contributed by atoms with van der Waals surface area (Å²) in [6.45, 7) is 2.84. The number of hydrogen-bond donors (Lipinski definition) is 0. The zero-order chi connectivity index (χ0) is 26.5. The molecule has 0 unspecified atom stereocenters. The van der Waals surface area contributed by atoms with Crippen molar-refractivity contribution in [1.29, 1.82) is 0 Å². The van der Waals surface area contributed by atoms with Crippen LogP contribution < -0.4 is 9.47 Å². The summed E-state index contributed by atoms with van der Waals surface area (Å²) in [5, 5.41) is 0. The summed E-state index contributed by atoms with van der Waals surface area (Å²) in [6.07, 6.45) is 1.71. The van der Waals surface area contributed by atoms with Gasteiger partial charge in [0.05, 0.1) is 10.2 Å². The van der Waals surface area contributed by atoms with E-state index in [0.29, 0.717) is 24.7 Å². The zero-order valence-corrected chi connectivity index (χ0v) is 24.8. The number of aliphatic imine (C=N–C) groups is 1. The second kappa shape index (κ2) is 12.1. The quantitative estimate of drug-likeness (QED) is 0.105. The van der Waals surface area contributed by atoms with E-state index in [1.54, 1.807) is 6.08 Å². The standard InChI is InChI=1S/C31H23I2NO4/c1-2-36-28-18-20(16-26(33)29(28)37-19-24-10-6-7-11-25(24)32)17-27-31(35)38-30(34-27)23-14-12-22(13-15-23)21-8-4-3-5-9-21/h3-18H,2,19H2,1H3/b27-17-. The van der Waals surface area contributed by atoms with Crippen LogP contribution in [0.5, 0.6) is 11.5 Å². The lowest BCUT2D eigenvalue weighted by molar-refractivity contribution is -0.129. The van der Waals surface area contributed by atoms with Crippen LogP contribution in [0.25, 0.3) is 17.2 Å². The number of carbonyl (C=O) groups is 1. The average molecular weight is 727 g/mol. The molecule has 0 saturated carbocycles. The first-order chi connectivity index (χ1) is 18.5. The molecule has 5 rings (SSSR count). The number of nitrogens with zero attached hydrogens (tertiary/aromatic N) is 1. The highest BCUT2D eigenvalue weighted by Gasteiger charge is 2.24. The van der Waals surface area contributed by atoms with Crippen molar-refractivity contribution in [2.75, 3.05) is 6.61 Å². The number of carbonyl (C=O) groups excluding carboxylic acids is 1. The number of benzene rings is 4. The SMILES string of the molecule is CCOc1cc(/C=C2\N=C(c3ccc(-c4ccccc4)cc3)OC2=O)cc(I)c1OCc1ccccc1I. The van der Waals surface area contributed by atoms with Crippen LogP contribution in [0.3, 0.4) is 0 Å². The van der Waals surface area contributed by atoms with E-state index in [9.17, 15) is 4.79 Å². The van der Waals surface area contributed by atoms with Gasteiger partial charge in [0.15, 0.2) is 17.2 Å². The van der Waals surface area contributed by atoms with E-state index in [4.69, 9.17) is 14.2 Å². The fraction of sp³-hybridized carbons (Fsp3) is 0.0968. The minimum absolute atomic E-state index is 0.234. The molecule has 0 spiro atoms. The van der Waals surface area contributed by atoms with Crippen LogP contribution in [0.15, 0.2) is 102 Å². The highest BCUT2D eigenvalue weighted by Crippen LogP contribution is 2.36. The summed E-state index contributed by atoms with van der Waals surface area (Å²) < 4.78 is 19.6. The molecule has 38 heavy (non-hydrogen) atoms. The van der Waals surface area contributed by atoms with Crippen LogP contribution in [0.2, 0.25) is 0 Å². The van der Waals surface area contributed by atoms with E-state index < -0.39 is 5.97 Å². The highest BCUT2D eigenvalue weighted by atomic mass is 127. The van der Waals surface area contributed by atoms with Crippen LogP contribution in [-0.4, -0.2) is 18.5 Å². The van der Waals surface area contributed by atoms with Crippen molar-refractivity contribution >= 4 is 63.1 Å². The molecule has 7 heteroatoms. The molecule has 0 radical (unpaired) electrons. The number of esters is 1. The molecule has 5 nitrogen and oxygen atoms in total. The summed E-state index contributed by atoms with van der Waals surface area (Å²) in [4.78, 5) is 17.1. The maximum atomic E-state index is 12.6. The lowest BCUT2D eigenvalue weighted by Crippen LogP contribution is -2.05. The number of rotatable bonds is 8. The first-order valence-electron chi connectivity index (χ1n) is 12.0. The van der Waals surface area contributed by atoms with E-state index in [2.05, 4.69) is 68.4 Å². The molecule has 0 aliphatic carbocycles. The highest BCUT2D eigenvalue weighted by molar-refractivity contribution is 14.1. The first-order valence-corrected chi connectivity index (χ1v) is 14.2. The smallest absolute Gasteiger partial charge is 0.363 e. The van der Waals surface area contributed by atoms with Crippen LogP contribution in [-0.2, 0) is 16.1 Å². The monoisotopic (exact) mass is 727 g/mol. The second-order valence-corrected chi connectivity index (χ2v) is 10.7. The predicted octanol–water partition coefficient (Wildman–Crippen LogP) is 7.89. The molecular formula is C31H23I2NO4. The summed E-state index contributed by atoms with van der Waals surface area (Å²) in [5.74, 6) is 1.09. The fourth-order valence-electron chi connectivity index (χ4n) is 3.97. The van der Waals surface area contributed by atoms with Gasteiger partial charge in [-0.25, -0.2) is 9.79 Å². The van der Waals surface area contributed by atoms with E-state index in [1.807, 2.05) is 79.7 Å². The molecule has 4 aromatic rings. The van der Waals surface area contributed by atoms with Crippen LogP contribution in [0.4, 0.5) is 0 Å². The molecule has 1 heterocycles. The van der Waals surface area contributed by atoms with Crippen LogP contribution >= 0.6 is 45.2 Å². The Morgan fingerprint density at radius 1 is 0.816 bits per heavy atom. The summed E-state index contributed by atoms with van der Waals surface area (Å²) in [6, 6.07) is 29.8. The Balaban J connectivity index is 1.38. The van der Waals surface area contributed by atoms with Crippen molar-refractivity contribution < 1.29 is 19.0 Å². The third-order valence-electron chi connectivity index (χ3n) is 5.82. The first kappa shape index (κ1) is 26.4. The molecular weight excluding hydrogens is 704 g/mol. The van der Waals surface area contributed by atoms with Gasteiger partial charge in [0.25, 0.3) is 0 Å². The Bertz CT molecular complexity index is 1530. The number of halogens is 2. The lowest BCUT2D eigenvalue weighted by Gasteiger charge is -2.15. The molecule has 4 aromatic carbocycles. The molecule has 0 saturated heterocycles. The normalized spacial score (nSPS) is 13.8. The third-order valence-corrected chi connectivity index (χ3v) is 7.68. The Morgan fingerprint density at radius 3 is 2.24 bits per heavy atom. The number of hydrogen-bond acceptors (Lipinski definition) is 5. The van der Waals surface area contributed by atoms with Gasteiger partial charge in [-0.3, -0.25) is 0 Å². The summed E-state index contributed by atoms with van der Waals surface area (Å²) >= 11 is 4.53. The average Bonchev–Trinajstić information content (AvgIpc) is 3.29. The van der Waals surface area contributed by atoms with Crippen molar-refractivity contribution in [2.45, 2.75) is 13.5 Å². The van der Waals surface area contributed by atoms with E-state index >= 15 is 0 Å². The minimum atomic E-state index is -0.487. The second-order valence-electron chi connectivity index (χ2n) is 8.42. The van der Waals surface area contributed by atoms with Crippen LogP contribution in [0, 0.1) is 7.14 Å².